The van der Waals surface area contributed by atoms with Crippen LogP contribution in [-0.4, -0.2) is 23.9 Å². The molecule has 0 bridgehead atoms. The lowest BCUT2D eigenvalue weighted by molar-refractivity contribution is -0.115. The standard InChI is InChI=1S/C21H25FN2O/c1-16-10-12-24(13-11-16)15-18-4-8-20(9-5-18)23-21(25)14-17-2-6-19(22)7-3-17/h2-9,16H,10-15H2,1H3,(H,23,25). The maximum atomic E-state index is 12.9. The van der Waals surface area contributed by atoms with Crippen LogP contribution >= 0.6 is 0 Å². The van der Waals surface area contributed by atoms with Crippen LogP contribution < -0.4 is 5.32 Å². The van der Waals surface area contributed by atoms with Crippen molar-refractivity contribution >= 4 is 11.6 Å². The molecule has 1 heterocycles. The van der Waals surface area contributed by atoms with E-state index in [4.69, 9.17) is 0 Å². The van der Waals surface area contributed by atoms with E-state index in [1.807, 2.05) is 12.1 Å². The summed E-state index contributed by atoms with van der Waals surface area (Å²) in [6.07, 6.45) is 2.79. The summed E-state index contributed by atoms with van der Waals surface area (Å²) in [7, 11) is 0. The van der Waals surface area contributed by atoms with E-state index >= 15 is 0 Å². The highest BCUT2D eigenvalue weighted by atomic mass is 19.1. The van der Waals surface area contributed by atoms with Crippen LogP contribution in [0.1, 0.15) is 30.9 Å². The summed E-state index contributed by atoms with van der Waals surface area (Å²) in [5.74, 6) is 0.460. The topological polar surface area (TPSA) is 32.3 Å². The zero-order valence-electron chi connectivity index (χ0n) is 14.7. The maximum Gasteiger partial charge on any atom is 0.228 e. The van der Waals surface area contributed by atoms with Crippen LogP contribution in [0, 0.1) is 11.7 Å². The van der Waals surface area contributed by atoms with E-state index in [1.54, 1.807) is 12.1 Å². The second-order valence-corrected chi connectivity index (χ2v) is 7.01. The van der Waals surface area contributed by atoms with Crippen LogP contribution in [0.5, 0.6) is 0 Å². The summed E-state index contributed by atoms with van der Waals surface area (Å²) in [6, 6.07) is 14.1. The van der Waals surface area contributed by atoms with Crippen molar-refractivity contribution in [3.63, 3.8) is 0 Å². The van der Waals surface area contributed by atoms with Crippen LogP contribution in [0.4, 0.5) is 10.1 Å². The lowest BCUT2D eigenvalue weighted by Gasteiger charge is -2.30. The minimum Gasteiger partial charge on any atom is -0.326 e. The molecule has 0 atom stereocenters. The van der Waals surface area contributed by atoms with E-state index < -0.39 is 0 Å². The first-order valence-electron chi connectivity index (χ1n) is 8.94. The molecule has 0 spiro atoms. The first-order chi connectivity index (χ1) is 12.1. The summed E-state index contributed by atoms with van der Waals surface area (Å²) < 4.78 is 12.9. The largest absolute Gasteiger partial charge is 0.326 e. The van der Waals surface area contributed by atoms with Crippen molar-refractivity contribution in [3.8, 4) is 0 Å². The van der Waals surface area contributed by atoms with Crippen LogP contribution in [-0.2, 0) is 17.8 Å². The number of piperidine rings is 1. The number of hydrogen-bond acceptors (Lipinski definition) is 2. The number of hydrogen-bond donors (Lipinski definition) is 1. The number of halogens is 1. The van der Waals surface area contributed by atoms with Crippen LogP contribution in [0.25, 0.3) is 0 Å². The molecule has 0 saturated carbocycles. The Kier molecular flexibility index (Phi) is 5.82. The highest BCUT2D eigenvalue weighted by molar-refractivity contribution is 5.92. The molecule has 25 heavy (non-hydrogen) atoms. The van der Waals surface area contributed by atoms with Crippen LogP contribution in [0.3, 0.4) is 0 Å². The van der Waals surface area contributed by atoms with E-state index in [0.717, 1.165) is 36.8 Å². The molecule has 0 radical (unpaired) electrons. The predicted molar refractivity (Wildman–Crippen MR) is 98.9 cm³/mol. The number of carbonyl (C=O) groups excluding carboxylic acids is 1. The number of anilines is 1. The average molecular weight is 340 g/mol. The molecule has 1 aliphatic heterocycles. The molecule has 2 aromatic rings. The summed E-state index contributed by atoms with van der Waals surface area (Å²) >= 11 is 0. The highest BCUT2D eigenvalue weighted by Crippen LogP contribution is 2.19. The molecule has 0 unspecified atom stereocenters. The minimum atomic E-state index is -0.289. The molecule has 2 aromatic carbocycles. The van der Waals surface area contributed by atoms with Crippen LogP contribution in [0.15, 0.2) is 48.5 Å². The van der Waals surface area contributed by atoms with Gasteiger partial charge in [-0.15, -0.1) is 0 Å². The molecule has 132 valence electrons. The molecule has 1 N–H and O–H groups in total. The third-order valence-corrected chi connectivity index (χ3v) is 4.80. The summed E-state index contributed by atoms with van der Waals surface area (Å²) in [5.41, 5.74) is 2.86. The first kappa shape index (κ1) is 17.6. The second-order valence-electron chi connectivity index (χ2n) is 7.01. The van der Waals surface area contributed by atoms with Gasteiger partial charge < -0.3 is 5.32 Å². The number of likely N-dealkylation sites (tertiary alicyclic amines) is 1. The maximum absolute atomic E-state index is 12.9. The second kappa shape index (κ2) is 8.26. The van der Waals surface area contributed by atoms with Gasteiger partial charge in [0.2, 0.25) is 5.91 Å². The SMILES string of the molecule is CC1CCN(Cc2ccc(NC(=O)Cc3ccc(F)cc3)cc2)CC1. The molecular formula is C21H25FN2O. The Balaban J connectivity index is 1.50. The number of benzene rings is 2. The first-order valence-corrected chi connectivity index (χ1v) is 8.94. The highest BCUT2D eigenvalue weighted by Gasteiger charge is 2.15. The Morgan fingerprint density at radius 1 is 1.04 bits per heavy atom. The summed E-state index contributed by atoms with van der Waals surface area (Å²) in [4.78, 5) is 14.6. The van der Waals surface area contributed by atoms with E-state index in [-0.39, 0.29) is 18.1 Å². The predicted octanol–water partition coefficient (Wildman–Crippen LogP) is 4.24. The Hall–Kier alpha value is -2.20. The smallest absolute Gasteiger partial charge is 0.228 e. The number of carbonyl (C=O) groups is 1. The molecule has 1 amide bonds. The minimum absolute atomic E-state index is 0.0932. The monoisotopic (exact) mass is 340 g/mol. The number of nitrogens with one attached hydrogen (secondary N) is 1. The Labute approximate surface area is 148 Å². The number of amides is 1. The molecule has 0 aromatic heterocycles. The van der Waals surface area contributed by atoms with E-state index in [9.17, 15) is 9.18 Å². The third kappa shape index (κ3) is 5.40. The van der Waals surface area contributed by atoms with Gasteiger partial charge in [-0.2, -0.15) is 0 Å². The van der Waals surface area contributed by atoms with Crippen molar-refractivity contribution in [3.05, 3.63) is 65.5 Å². The lowest BCUT2D eigenvalue weighted by atomic mass is 9.99. The van der Waals surface area contributed by atoms with Crippen LogP contribution in [0.2, 0.25) is 0 Å². The fourth-order valence-corrected chi connectivity index (χ4v) is 3.16. The fraction of sp³-hybridized carbons (Fsp3) is 0.381. The zero-order valence-corrected chi connectivity index (χ0v) is 14.7. The molecule has 0 aliphatic carbocycles. The number of nitrogens with zero attached hydrogens (tertiary/aromatic N) is 1. The molecule has 3 nitrogen and oxygen atoms in total. The van der Waals surface area contributed by atoms with Crippen molar-refractivity contribution < 1.29 is 9.18 Å². The molecule has 1 aliphatic rings. The summed E-state index contributed by atoms with van der Waals surface area (Å²) in [5, 5.41) is 2.90. The number of rotatable bonds is 5. The van der Waals surface area contributed by atoms with Crippen molar-refractivity contribution in [2.75, 3.05) is 18.4 Å². The summed E-state index contributed by atoms with van der Waals surface area (Å²) in [6.45, 7) is 5.62. The van der Waals surface area contributed by atoms with Gasteiger partial charge in [0, 0.05) is 12.2 Å². The Morgan fingerprint density at radius 2 is 1.64 bits per heavy atom. The van der Waals surface area contributed by atoms with Crippen molar-refractivity contribution in [1.82, 2.24) is 4.90 Å². The van der Waals surface area contributed by atoms with Gasteiger partial charge in [0.05, 0.1) is 6.42 Å². The molecule has 1 saturated heterocycles. The lowest BCUT2D eigenvalue weighted by Crippen LogP contribution is -2.32. The van der Waals surface area contributed by atoms with E-state index in [2.05, 4.69) is 29.3 Å². The van der Waals surface area contributed by atoms with E-state index in [1.165, 1.54) is 30.5 Å². The third-order valence-electron chi connectivity index (χ3n) is 4.80. The molecule has 4 heteroatoms. The fourth-order valence-electron chi connectivity index (χ4n) is 3.16. The Bertz CT molecular complexity index is 689. The molecular weight excluding hydrogens is 315 g/mol. The molecule has 3 rings (SSSR count). The van der Waals surface area contributed by atoms with Crippen molar-refractivity contribution in [1.29, 1.82) is 0 Å². The van der Waals surface area contributed by atoms with Gasteiger partial charge in [-0.05, 0) is 67.2 Å². The van der Waals surface area contributed by atoms with Gasteiger partial charge in [-0.25, -0.2) is 4.39 Å². The molecule has 1 fully saturated rings. The van der Waals surface area contributed by atoms with Gasteiger partial charge >= 0.3 is 0 Å². The van der Waals surface area contributed by atoms with Crippen molar-refractivity contribution in [2.45, 2.75) is 32.7 Å². The van der Waals surface area contributed by atoms with Gasteiger partial charge in [0.25, 0.3) is 0 Å². The quantitative estimate of drug-likeness (QED) is 0.883. The van der Waals surface area contributed by atoms with Gasteiger partial charge in [0.1, 0.15) is 5.82 Å². The van der Waals surface area contributed by atoms with E-state index in [0.29, 0.717) is 0 Å². The van der Waals surface area contributed by atoms with Crippen molar-refractivity contribution in [2.24, 2.45) is 5.92 Å². The Morgan fingerprint density at radius 3 is 2.28 bits per heavy atom. The van der Waals surface area contributed by atoms with Gasteiger partial charge in [-0.1, -0.05) is 31.2 Å². The normalized spacial score (nSPS) is 15.9. The van der Waals surface area contributed by atoms with Gasteiger partial charge in [0.15, 0.2) is 0 Å². The van der Waals surface area contributed by atoms with Gasteiger partial charge in [-0.3, -0.25) is 9.69 Å². The average Bonchev–Trinajstić information content (AvgIpc) is 2.61. The zero-order chi connectivity index (χ0) is 17.6.